The number of nitrogens with one attached hydrogen (secondary N) is 2. The highest BCUT2D eigenvalue weighted by Crippen LogP contribution is 2.28. The van der Waals surface area contributed by atoms with Gasteiger partial charge in [0.25, 0.3) is 0 Å². The van der Waals surface area contributed by atoms with Crippen LogP contribution in [0.1, 0.15) is 65.7 Å². The second-order valence-electron chi connectivity index (χ2n) is 7.73. The molecule has 31 heavy (non-hydrogen) atoms. The molecule has 0 spiro atoms. The van der Waals surface area contributed by atoms with Crippen LogP contribution in [0.4, 0.5) is 5.13 Å². The fourth-order valence-electron chi connectivity index (χ4n) is 3.14. The van der Waals surface area contributed by atoms with E-state index in [1.807, 2.05) is 38.1 Å². The molecule has 0 aliphatic carbocycles. The second-order valence-corrected chi connectivity index (χ2v) is 8.70. The molecule has 2 rings (SSSR count). The van der Waals surface area contributed by atoms with E-state index in [2.05, 4.69) is 27.8 Å². The smallest absolute Gasteiger partial charge is 0.249 e. The van der Waals surface area contributed by atoms with Crippen LogP contribution >= 0.6 is 11.3 Å². The molecule has 1 aromatic carbocycles. The lowest BCUT2D eigenvalue weighted by Gasteiger charge is -2.23. The summed E-state index contributed by atoms with van der Waals surface area (Å²) < 4.78 is 5.17. The SMILES string of the molecule is CCCCCCCC(=O)N[C@H](C(=O)Nc1nnc(-c2ccc(OC)cc2)s1)[C@H](C)CC. The van der Waals surface area contributed by atoms with E-state index in [0.717, 1.165) is 37.0 Å². The molecule has 7 nitrogen and oxygen atoms in total. The van der Waals surface area contributed by atoms with Gasteiger partial charge in [-0.3, -0.25) is 14.9 Å². The zero-order chi connectivity index (χ0) is 22.6. The molecule has 0 saturated heterocycles. The van der Waals surface area contributed by atoms with E-state index in [1.54, 1.807) is 7.11 Å². The first-order chi connectivity index (χ1) is 15.0. The highest BCUT2D eigenvalue weighted by atomic mass is 32.1. The van der Waals surface area contributed by atoms with E-state index >= 15 is 0 Å². The van der Waals surface area contributed by atoms with Crippen molar-refractivity contribution in [3.63, 3.8) is 0 Å². The molecular formula is C23H34N4O3S. The van der Waals surface area contributed by atoms with Crippen molar-refractivity contribution >= 4 is 28.3 Å². The lowest BCUT2D eigenvalue weighted by atomic mass is 9.98. The molecule has 2 aromatic rings. The fourth-order valence-corrected chi connectivity index (χ4v) is 3.90. The summed E-state index contributed by atoms with van der Waals surface area (Å²) in [5, 5.41) is 15.1. The summed E-state index contributed by atoms with van der Waals surface area (Å²) in [4.78, 5) is 25.3. The number of unbranched alkanes of at least 4 members (excludes halogenated alkanes) is 4. The van der Waals surface area contributed by atoms with Crippen molar-refractivity contribution in [1.82, 2.24) is 15.5 Å². The zero-order valence-electron chi connectivity index (χ0n) is 18.9. The number of benzene rings is 1. The number of hydrogen-bond acceptors (Lipinski definition) is 6. The Bertz CT molecular complexity index is 822. The fraction of sp³-hybridized carbons (Fsp3) is 0.565. The Morgan fingerprint density at radius 1 is 1.06 bits per heavy atom. The zero-order valence-corrected chi connectivity index (χ0v) is 19.8. The summed E-state index contributed by atoms with van der Waals surface area (Å²) >= 11 is 1.30. The van der Waals surface area contributed by atoms with Crippen LogP contribution in [-0.2, 0) is 9.59 Å². The number of carbonyl (C=O) groups is 2. The highest BCUT2D eigenvalue weighted by molar-refractivity contribution is 7.18. The molecule has 1 heterocycles. The third kappa shape index (κ3) is 7.94. The Morgan fingerprint density at radius 3 is 2.42 bits per heavy atom. The molecule has 170 valence electrons. The Labute approximate surface area is 189 Å². The molecule has 0 aliphatic heterocycles. The van der Waals surface area contributed by atoms with Crippen molar-refractivity contribution < 1.29 is 14.3 Å². The molecule has 2 atom stereocenters. The highest BCUT2D eigenvalue weighted by Gasteiger charge is 2.26. The predicted molar refractivity (Wildman–Crippen MR) is 125 cm³/mol. The number of carbonyl (C=O) groups excluding carboxylic acids is 2. The van der Waals surface area contributed by atoms with Crippen molar-refractivity contribution in [2.75, 3.05) is 12.4 Å². The Balaban J connectivity index is 1.95. The van der Waals surface area contributed by atoms with Crippen LogP contribution in [0.5, 0.6) is 5.75 Å². The molecule has 8 heteroatoms. The second kappa shape index (κ2) is 13.0. The van der Waals surface area contributed by atoms with Crippen LogP contribution in [0.15, 0.2) is 24.3 Å². The first-order valence-electron chi connectivity index (χ1n) is 11.1. The van der Waals surface area contributed by atoms with E-state index < -0.39 is 6.04 Å². The number of amides is 2. The van der Waals surface area contributed by atoms with Crippen LogP contribution in [-0.4, -0.2) is 35.2 Å². The maximum absolute atomic E-state index is 12.9. The average Bonchev–Trinajstić information content (AvgIpc) is 3.25. The van der Waals surface area contributed by atoms with Crippen LogP contribution in [0.25, 0.3) is 10.6 Å². The number of methoxy groups -OCH3 is 1. The summed E-state index contributed by atoms with van der Waals surface area (Å²) in [5.41, 5.74) is 0.897. The van der Waals surface area contributed by atoms with Gasteiger partial charge in [0.1, 0.15) is 16.8 Å². The molecule has 0 radical (unpaired) electrons. The number of rotatable bonds is 13. The van der Waals surface area contributed by atoms with E-state index in [1.165, 1.54) is 24.2 Å². The molecule has 0 saturated carbocycles. The standard InChI is InChI=1S/C23H34N4O3S/c1-5-7-8-9-10-11-19(28)24-20(16(3)6-2)21(29)25-23-27-26-22(31-23)17-12-14-18(30-4)15-13-17/h12-16,20H,5-11H2,1-4H3,(H,24,28)(H,25,27,29)/t16-,20+/m1/s1. The molecule has 0 bridgehead atoms. The summed E-state index contributed by atoms with van der Waals surface area (Å²) in [7, 11) is 1.62. The van der Waals surface area contributed by atoms with Crippen molar-refractivity contribution in [2.45, 2.75) is 71.8 Å². The number of hydrogen-bond donors (Lipinski definition) is 2. The predicted octanol–water partition coefficient (Wildman–Crippen LogP) is 5.04. The van der Waals surface area contributed by atoms with Crippen LogP contribution < -0.4 is 15.4 Å². The Hall–Kier alpha value is -2.48. The summed E-state index contributed by atoms with van der Waals surface area (Å²) in [6.45, 7) is 6.14. The molecule has 1 aromatic heterocycles. The Morgan fingerprint density at radius 2 is 1.77 bits per heavy atom. The maximum atomic E-state index is 12.9. The number of anilines is 1. The van der Waals surface area contributed by atoms with Gasteiger partial charge in [0.15, 0.2) is 0 Å². The van der Waals surface area contributed by atoms with Crippen molar-refractivity contribution in [2.24, 2.45) is 5.92 Å². The van der Waals surface area contributed by atoms with Gasteiger partial charge in [-0.2, -0.15) is 0 Å². The van der Waals surface area contributed by atoms with Gasteiger partial charge in [0.2, 0.25) is 16.9 Å². The number of aromatic nitrogens is 2. The summed E-state index contributed by atoms with van der Waals surface area (Å²) in [5.74, 6) is 0.441. The molecule has 2 N–H and O–H groups in total. The third-order valence-electron chi connectivity index (χ3n) is 5.31. The number of ether oxygens (including phenoxy) is 1. The van der Waals surface area contributed by atoms with Gasteiger partial charge in [0, 0.05) is 12.0 Å². The van der Waals surface area contributed by atoms with Gasteiger partial charge >= 0.3 is 0 Å². The van der Waals surface area contributed by atoms with Crippen molar-refractivity contribution in [3.05, 3.63) is 24.3 Å². The minimum atomic E-state index is -0.596. The minimum absolute atomic E-state index is 0.0121. The van der Waals surface area contributed by atoms with Gasteiger partial charge in [-0.1, -0.05) is 64.2 Å². The summed E-state index contributed by atoms with van der Waals surface area (Å²) in [6, 6.07) is 6.90. The topological polar surface area (TPSA) is 93.2 Å². The monoisotopic (exact) mass is 446 g/mol. The van der Waals surface area contributed by atoms with Gasteiger partial charge in [-0.25, -0.2) is 0 Å². The van der Waals surface area contributed by atoms with Gasteiger partial charge < -0.3 is 10.1 Å². The van der Waals surface area contributed by atoms with Gasteiger partial charge in [-0.05, 0) is 36.6 Å². The molecular weight excluding hydrogens is 412 g/mol. The Kier molecular flexibility index (Phi) is 10.4. The van der Waals surface area contributed by atoms with Crippen LogP contribution in [0.3, 0.4) is 0 Å². The average molecular weight is 447 g/mol. The van der Waals surface area contributed by atoms with E-state index in [9.17, 15) is 9.59 Å². The molecule has 0 unspecified atom stereocenters. The first-order valence-corrected chi connectivity index (χ1v) is 11.9. The van der Waals surface area contributed by atoms with E-state index in [0.29, 0.717) is 16.6 Å². The minimum Gasteiger partial charge on any atom is -0.497 e. The van der Waals surface area contributed by atoms with Crippen LogP contribution in [0.2, 0.25) is 0 Å². The normalized spacial score (nSPS) is 12.8. The maximum Gasteiger partial charge on any atom is 0.249 e. The summed E-state index contributed by atoms with van der Waals surface area (Å²) in [6.07, 6.45) is 6.63. The lowest BCUT2D eigenvalue weighted by molar-refractivity contribution is -0.127. The van der Waals surface area contributed by atoms with E-state index in [-0.39, 0.29) is 17.7 Å². The largest absolute Gasteiger partial charge is 0.497 e. The quantitative estimate of drug-likeness (QED) is 0.420. The molecule has 0 fully saturated rings. The molecule has 2 amide bonds. The van der Waals surface area contributed by atoms with Crippen molar-refractivity contribution in [3.8, 4) is 16.3 Å². The van der Waals surface area contributed by atoms with E-state index in [4.69, 9.17) is 4.74 Å². The van der Waals surface area contributed by atoms with Crippen LogP contribution in [0, 0.1) is 5.92 Å². The van der Waals surface area contributed by atoms with Gasteiger partial charge in [0.05, 0.1) is 7.11 Å². The lowest BCUT2D eigenvalue weighted by Crippen LogP contribution is -2.47. The first kappa shape index (κ1) is 24.8. The van der Waals surface area contributed by atoms with Crippen molar-refractivity contribution in [1.29, 1.82) is 0 Å². The molecule has 0 aliphatic rings. The number of nitrogens with zero attached hydrogens (tertiary/aromatic N) is 2. The third-order valence-corrected chi connectivity index (χ3v) is 6.20. The van der Waals surface area contributed by atoms with Gasteiger partial charge in [-0.15, -0.1) is 10.2 Å².